The lowest BCUT2D eigenvalue weighted by Crippen LogP contribution is -2.49. The summed E-state index contributed by atoms with van der Waals surface area (Å²) in [6, 6.07) is 8.65. The molecule has 5 heterocycles. The van der Waals surface area contributed by atoms with Crippen LogP contribution < -0.4 is 10.2 Å². The zero-order chi connectivity index (χ0) is 21.3. The summed E-state index contributed by atoms with van der Waals surface area (Å²) in [5, 5.41) is 3.43. The largest absolute Gasteiger partial charge is 0.379 e. The number of morpholine rings is 1. The summed E-state index contributed by atoms with van der Waals surface area (Å²) in [5.41, 5.74) is 3.48. The van der Waals surface area contributed by atoms with Crippen LogP contribution in [0.2, 0.25) is 0 Å². The molecule has 4 aromatic rings. The molecule has 0 unspecified atom stereocenters. The van der Waals surface area contributed by atoms with E-state index in [0.29, 0.717) is 18.2 Å². The average Bonchev–Trinajstić information content (AvgIpc) is 3.50. The Morgan fingerprint density at radius 1 is 1.03 bits per heavy atom. The highest BCUT2D eigenvalue weighted by Crippen LogP contribution is 2.25. The molecule has 3 aromatic heterocycles. The SMILES string of the molecule is c1ccc2[nH]c(CNc3nc(N4CCC(N5CCOCC5)CC4)nc4nc[nH]c34)nc2c1. The Balaban J connectivity index is 1.18. The molecule has 10 heteroatoms. The van der Waals surface area contributed by atoms with Crippen molar-refractivity contribution in [1.29, 1.82) is 0 Å². The van der Waals surface area contributed by atoms with Crippen LogP contribution in [-0.4, -0.2) is 80.2 Å². The van der Waals surface area contributed by atoms with E-state index in [0.717, 1.165) is 86.4 Å². The van der Waals surface area contributed by atoms with Crippen LogP contribution in [0.15, 0.2) is 30.6 Å². The number of anilines is 2. The van der Waals surface area contributed by atoms with Gasteiger partial charge in [-0.1, -0.05) is 12.1 Å². The topological polar surface area (TPSA) is 111 Å². The standard InChI is InChI=1S/C22H27N9O/c1-2-4-17-16(3-1)26-18(27-17)13-23-20-19-21(25-14-24-19)29-22(28-20)31-7-5-15(6-8-31)30-9-11-32-12-10-30/h1-4,14-15H,5-13H2,(H,26,27)(H2,23,24,25,28,29). The van der Waals surface area contributed by atoms with Crippen molar-refractivity contribution in [2.24, 2.45) is 0 Å². The Morgan fingerprint density at radius 2 is 1.88 bits per heavy atom. The van der Waals surface area contributed by atoms with E-state index in [1.807, 2.05) is 24.3 Å². The van der Waals surface area contributed by atoms with Crippen molar-refractivity contribution in [3.63, 3.8) is 0 Å². The maximum atomic E-state index is 5.50. The van der Waals surface area contributed by atoms with Crippen LogP contribution in [0.4, 0.5) is 11.8 Å². The van der Waals surface area contributed by atoms with E-state index in [2.05, 4.69) is 35.1 Å². The first-order valence-electron chi connectivity index (χ1n) is 11.3. The first-order chi connectivity index (χ1) is 15.8. The fraction of sp³-hybridized carbons (Fsp3) is 0.455. The number of nitrogens with one attached hydrogen (secondary N) is 3. The second kappa shape index (κ2) is 8.36. The third-order valence-electron chi connectivity index (χ3n) is 6.44. The van der Waals surface area contributed by atoms with E-state index in [9.17, 15) is 0 Å². The summed E-state index contributed by atoms with van der Waals surface area (Å²) in [7, 11) is 0. The summed E-state index contributed by atoms with van der Waals surface area (Å²) in [4.78, 5) is 30.0. The van der Waals surface area contributed by atoms with Crippen LogP contribution in [0.5, 0.6) is 0 Å². The number of hydrogen-bond donors (Lipinski definition) is 3. The Kier molecular flexibility index (Phi) is 5.08. The molecule has 2 aliphatic rings. The lowest BCUT2D eigenvalue weighted by Gasteiger charge is -2.40. The maximum absolute atomic E-state index is 5.50. The minimum atomic E-state index is 0.540. The number of para-hydroxylation sites is 2. The molecule has 0 aliphatic carbocycles. The van der Waals surface area contributed by atoms with Gasteiger partial charge in [0.15, 0.2) is 11.5 Å². The van der Waals surface area contributed by atoms with Crippen molar-refractivity contribution in [2.45, 2.75) is 25.4 Å². The molecule has 0 spiro atoms. The second-order valence-corrected chi connectivity index (χ2v) is 8.39. The summed E-state index contributed by atoms with van der Waals surface area (Å²) in [6.07, 6.45) is 3.90. The molecular formula is C22H27N9O. The van der Waals surface area contributed by atoms with Gasteiger partial charge in [0.2, 0.25) is 5.95 Å². The first kappa shape index (κ1) is 19.4. The number of rotatable bonds is 5. The molecule has 10 nitrogen and oxygen atoms in total. The molecule has 0 bridgehead atoms. The quantitative estimate of drug-likeness (QED) is 0.439. The molecular weight excluding hydrogens is 406 g/mol. The van der Waals surface area contributed by atoms with E-state index < -0.39 is 0 Å². The van der Waals surface area contributed by atoms with Crippen LogP contribution in [0, 0.1) is 0 Å². The van der Waals surface area contributed by atoms with Crippen molar-refractivity contribution >= 4 is 34.0 Å². The van der Waals surface area contributed by atoms with Gasteiger partial charge in [-0.15, -0.1) is 0 Å². The normalized spacial score (nSPS) is 18.6. The summed E-state index contributed by atoms with van der Waals surface area (Å²) in [5.74, 6) is 2.35. The van der Waals surface area contributed by atoms with Gasteiger partial charge in [-0.3, -0.25) is 4.90 Å². The third-order valence-corrected chi connectivity index (χ3v) is 6.44. The number of piperidine rings is 1. The number of ether oxygens (including phenoxy) is 1. The highest BCUT2D eigenvalue weighted by molar-refractivity contribution is 5.83. The van der Waals surface area contributed by atoms with E-state index in [1.54, 1.807) is 6.33 Å². The van der Waals surface area contributed by atoms with E-state index in [1.165, 1.54) is 0 Å². The van der Waals surface area contributed by atoms with Gasteiger partial charge in [-0.25, -0.2) is 9.97 Å². The number of fused-ring (bicyclic) bond motifs is 2. The zero-order valence-corrected chi connectivity index (χ0v) is 17.9. The van der Waals surface area contributed by atoms with Crippen LogP contribution >= 0.6 is 0 Å². The molecule has 0 amide bonds. The van der Waals surface area contributed by atoms with Crippen LogP contribution in [0.1, 0.15) is 18.7 Å². The van der Waals surface area contributed by atoms with Gasteiger partial charge in [0.1, 0.15) is 11.3 Å². The molecule has 2 aliphatic heterocycles. The molecule has 1 aromatic carbocycles. The summed E-state index contributed by atoms with van der Waals surface area (Å²) in [6.45, 7) is 6.20. The van der Waals surface area contributed by atoms with Gasteiger partial charge in [0.25, 0.3) is 0 Å². The molecule has 32 heavy (non-hydrogen) atoms. The van der Waals surface area contributed by atoms with Gasteiger partial charge in [-0.2, -0.15) is 9.97 Å². The van der Waals surface area contributed by atoms with Crippen LogP contribution in [0.25, 0.3) is 22.2 Å². The average molecular weight is 434 g/mol. The third kappa shape index (κ3) is 3.76. The van der Waals surface area contributed by atoms with Gasteiger partial charge in [0.05, 0.1) is 37.1 Å². The molecule has 2 fully saturated rings. The van der Waals surface area contributed by atoms with E-state index in [4.69, 9.17) is 14.7 Å². The monoisotopic (exact) mass is 433 g/mol. The number of nitrogens with zero attached hydrogens (tertiary/aromatic N) is 6. The maximum Gasteiger partial charge on any atom is 0.229 e. The summed E-state index contributed by atoms with van der Waals surface area (Å²) < 4.78 is 5.50. The van der Waals surface area contributed by atoms with Crippen molar-refractivity contribution in [2.75, 3.05) is 49.6 Å². The van der Waals surface area contributed by atoms with Crippen molar-refractivity contribution in [1.82, 2.24) is 34.8 Å². The Morgan fingerprint density at radius 3 is 2.72 bits per heavy atom. The minimum absolute atomic E-state index is 0.540. The number of H-pyrrole nitrogens is 2. The van der Waals surface area contributed by atoms with E-state index in [-0.39, 0.29) is 0 Å². The smallest absolute Gasteiger partial charge is 0.229 e. The summed E-state index contributed by atoms with van der Waals surface area (Å²) >= 11 is 0. The van der Waals surface area contributed by atoms with Crippen molar-refractivity contribution in [3.8, 4) is 0 Å². The zero-order valence-electron chi connectivity index (χ0n) is 17.9. The second-order valence-electron chi connectivity index (χ2n) is 8.39. The van der Waals surface area contributed by atoms with Gasteiger partial charge >= 0.3 is 0 Å². The van der Waals surface area contributed by atoms with Gasteiger partial charge in [-0.05, 0) is 25.0 Å². The molecule has 0 saturated carbocycles. The molecule has 2 saturated heterocycles. The Hall–Kier alpha value is -3.24. The van der Waals surface area contributed by atoms with Crippen LogP contribution in [0.3, 0.4) is 0 Å². The molecule has 0 atom stereocenters. The first-order valence-corrected chi connectivity index (χ1v) is 11.3. The highest BCUT2D eigenvalue weighted by atomic mass is 16.5. The van der Waals surface area contributed by atoms with Crippen molar-refractivity contribution in [3.05, 3.63) is 36.4 Å². The fourth-order valence-electron chi connectivity index (χ4n) is 4.72. The van der Waals surface area contributed by atoms with Crippen molar-refractivity contribution < 1.29 is 4.74 Å². The number of hydrogen-bond acceptors (Lipinski definition) is 8. The molecule has 166 valence electrons. The Bertz CT molecular complexity index is 1170. The number of imidazole rings is 2. The number of benzene rings is 1. The predicted molar refractivity (Wildman–Crippen MR) is 123 cm³/mol. The number of aromatic nitrogens is 6. The lowest BCUT2D eigenvalue weighted by atomic mass is 10.0. The predicted octanol–water partition coefficient (Wildman–Crippen LogP) is 2.14. The molecule has 6 rings (SSSR count). The molecule has 0 radical (unpaired) electrons. The Labute approximate surface area is 185 Å². The fourth-order valence-corrected chi connectivity index (χ4v) is 4.72. The highest BCUT2D eigenvalue weighted by Gasteiger charge is 2.27. The van der Waals surface area contributed by atoms with Crippen LogP contribution in [-0.2, 0) is 11.3 Å². The minimum Gasteiger partial charge on any atom is -0.379 e. The molecule has 3 N–H and O–H groups in total. The van der Waals surface area contributed by atoms with E-state index >= 15 is 0 Å². The lowest BCUT2D eigenvalue weighted by molar-refractivity contribution is 0.0114. The van der Waals surface area contributed by atoms with Gasteiger partial charge in [0, 0.05) is 32.2 Å². The van der Waals surface area contributed by atoms with Gasteiger partial charge < -0.3 is 24.9 Å². The number of aromatic amines is 2.